The number of pyridine rings is 1. The largest absolute Gasteiger partial charge is 0.502 e. The second kappa shape index (κ2) is 8.11. The van der Waals surface area contributed by atoms with E-state index in [9.17, 15) is 19.8 Å². The van der Waals surface area contributed by atoms with Crippen LogP contribution < -0.4 is 20.5 Å². The van der Waals surface area contributed by atoms with Crippen molar-refractivity contribution in [2.24, 2.45) is 0 Å². The Hall–Kier alpha value is -4.34. The highest BCUT2D eigenvalue weighted by atomic mass is 16.5. The summed E-state index contributed by atoms with van der Waals surface area (Å²) in [5, 5.41) is 24.8. The molecule has 0 spiro atoms. The summed E-state index contributed by atoms with van der Waals surface area (Å²) in [6.45, 7) is 0. The minimum absolute atomic E-state index is 0.0287. The number of hydrogen-bond donors (Lipinski definition) is 4. The highest BCUT2D eigenvalue weighted by Crippen LogP contribution is 2.45. The number of methoxy groups -OCH3 is 2. The van der Waals surface area contributed by atoms with E-state index in [1.165, 1.54) is 20.3 Å². The van der Waals surface area contributed by atoms with E-state index in [2.05, 4.69) is 10.1 Å². The number of furan rings is 1. The van der Waals surface area contributed by atoms with Crippen molar-refractivity contribution < 1.29 is 24.1 Å². The Morgan fingerprint density at radius 1 is 0.972 bits per heavy atom. The van der Waals surface area contributed by atoms with Gasteiger partial charge in [-0.3, -0.25) is 19.4 Å². The summed E-state index contributed by atoms with van der Waals surface area (Å²) < 4.78 is 18.7. The molecule has 6 rings (SSSR count). The van der Waals surface area contributed by atoms with Gasteiger partial charge in [-0.15, -0.1) is 0 Å². The van der Waals surface area contributed by atoms with Gasteiger partial charge >= 0.3 is 0 Å². The fourth-order valence-electron chi connectivity index (χ4n) is 5.39. The van der Waals surface area contributed by atoms with Crippen molar-refractivity contribution >= 4 is 33.1 Å². The van der Waals surface area contributed by atoms with Gasteiger partial charge in [0.05, 0.1) is 31.2 Å². The van der Waals surface area contributed by atoms with E-state index in [0.29, 0.717) is 33.1 Å². The first-order valence-electron chi connectivity index (χ1n) is 11.8. The zero-order chi connectivity index (χ0) is 25.1. The lowest BCUT2D eigenvalue weighted by Crippen LogP contribution is -2.16. The molecule has 4 N–H and O–H groups in total. The summed E-state index contributed by atoms with van der Waals surface area (Å²) >= 11 is 0. The molecule has 2 aromatic carbocycles. The number of nitrogens with zero attached hydrogens (tertiary/aromatic N) is 1. The molecule has 10 nitrogen and oxygen atoms in total. The molecule has 1 aliphatic carbocycles. The van der Waals surface area contributed by atoms with E-state index in [4.69, 9.17) is 13.9 Å². The molecular weight excluding hydrogens is 466 g/mol. The Morgan fingerprint density at radius 3 is 2.33 bits per heavy atom. The molecule has 0 atom stereocenters. The molecule has 1 saturated carbocycles. The Bertz CT molecular complexity index is 1740. The second-order valence-electron chi connectivity index (χ2n) is 9.15. The third kappa shape index (κ3) is 3.10. The maximum Gasteiger partial charge on any atom is 0.274 e. The fraction of sp³-hybridized carbons (Fsp3) is 0.308. The number of nitrogens with one attached hydrogen (secondary N) is 2. The number of rotatable bonds is 4. The first kappa shape index (κ1) is 22.1. The molecule has 0 aliphatic heterocycles. The van der Waals surface area contributed by atoms with Crippen LogP contribution in [-0.2, 0) is 0 Å². The number of phenolic OH excluding ortho intramolecular Hbond substituents is 2. The molecule has 0 bridgehead atoms. The van der Waals surface area contributed by atoms with Gasteiger partial charge in [0.25, 0.3) is 5.56 Å². The lowest BCUT2D eigenvalue weighted by Gasteiger charge is -2.23. The Morgan fingerprint density at radius 2 is 1.67 bits per heavy atom. The molecule has 1 aliphatic rings. The highest BCUT2D eigenvalue weighted by molar-refractivity contribution is 6.15. The Labute approximate surface area is 203 Å². The smallest absolute Gasteiger partial charge is 0.274 e. The molecule has 5 aromatic rings. The number of H-pyrrole nitrogens is 2. The highest BCUT2D eigenvalue weighted by Gasteiger charge is 2.27. The molecular formula is C26H25N3O7. The van der Waals surface area contributed by atoms with Crippen LogP contribution in [0.3, 0.4) is 0 Å². The van der Waals surface area contributed by atoms with Crippen LogP contribution in [0.2, 0.25) is 0 Å². The van der Waals surface area contributed by atoms with Gasteiger partial charge < -0.3 is 29.1 Å². The van der Waals surface area contributed by atoms with Crippen LogP contribution in [0.15, 0.2) is 38.3 Å². The molecule has 3 heterocycles. The average Bonchev–Trinajstić information content (AvgIpc) is 3.43. The summed E-state index contributed by atoms with van der Waals surface area (Å²) in [5.41, 5.74) is 1.45. The average molecular weight is 492 g/mol. The summed E-state index contributed by atoms with van der Waals surface area (Å²) in [4.78, 5) is 28.9. The van der Waals surface area contributed by atoms with Crippen molar-refractivity contribution in [1.82, 2.24) is 14.8 Å². The van der Waals surface area contributed by atoms with Crippen LogP contribution in [0.5, 0.6) is 23.0 Å². The van der Waals surface area contributed by atoms with Gasteiger partial charge in [-0.05, 0) is 42.7 Å². The zero-order valence-corrected chi connectivity index (χ0v) is 19.8. The predicted octanol–water partition coefficient (Wildman–Crippen LogP) is 4.52. The summed E-state index contributed by atoms with van der Waals surface area (Å²) in [6, 6.07) is 6.17. The minimum atomic E-state index is -0.565. The van der Waals surface area contributed by atoms with Gasteiger partial charge in [-0.25, -0.2) is 0 Å². The van der Waals surface area contributed by atoms with Crippen molar-refractivity contribution in [2.75, 3.05) is 14.2 Å². The number of aromatic nitrogens is 3. The van der Waals surface area contributed by atoms with Crippen LogP contribution in [-0.4, -0.2) is 39.2 Å². The monoisotopic (exact) mass is 491 g/mol. The third-order valence-electron chi connectivity index (χ3n) is 7.15. The third-order valence-corrected chi connectivity index (χ3v) is 7.15. The summed E-state index contributed by atoms with van der Waals surface area (Å²) in [5.74, 6) is -0.367. The van der Waals surface area contributed by atoms with Gasteiger partial charge in [0, 0.05) is 10.9 Å². The van der Waals surface area contributed by atoms with Crippen molar-refractivity contribution in [3.8, 4) is 34.1 Å². The maximum absolute atomic E-state index is 13.4. The van der Waals surface area contributed by atoms with Crippen LogP contribution >= 0.6 is 0 Å². The number of aromatic hydroxyl groups is 2. The molecule has 3 aromatic heterocycles. The first-order valence-corrected chi connectivity index (χ1v) is 11.8. The summed E-state index contributed by atoms with van der Waals surface area (Å²) in [6.07, 6.45) is 5.18. The van der Waals surface area contributed by atoms with Crippen LogP contribution in [0.4, 0.5) is 0 Å². The van der Waals surface area contributed by atoms with E-state index < -0.39 is 11.2 Å². The van der Waals surface area contributed by atoms with Crippen LogP contribution in [0.1, 0.15) is 38.1 Å². The van der Waals surface area contributed by atoms with Gasteiger partial charge in [-0.1, -0.05) is 19.3 Å². The molecule has 10 heteroatoms. The number of ether oxygens (including phenoxy) is 2. The number of benzene rings is 2. The zero-order valence-electron chi connectivity index (χ0n) is 19.8. The Kier molecular flexibility index (Phi) is 4.99. The molecule has 36 heavy (non-hydrogen) atoms. The maximum atomic E-state index is 13.4. The lowest BCUT2D eigenvalue weighted by molar-refractivity contribution is 0.335. The topological polar surface area (TPSA) is 143 Å². The number of phenols is 2. The van der Waals surface area contributed by atoms with Gasteiger partial charge in [0.2, 0.25) is 16.9 Å². The van der Waals surface area contributed by atoms with E-state index in [1.54, 1.807) is 18.2 Å². The van der Waals surface area contributed by atoms with Crippen molar-refractivity contribution in [3.05, 3.63) is 44.8 Å². The van der Waals surface area contributed by atoms with Crippen molar-refractivity contribution in [1.29, 1.82) is 0 Å². The number of fused-ring (bicyclic) bond motifs is 4. The predicted molar refractivity (Wildman–Crippen MR) is 134 cm³/mol. The molecule has 0 amide bonds. The fourth-order valence-corrected chi connectivity index (χ4v) is 5.39. The van der Waals surface area contributed by atoms with Gasteiger partial charge in [0.15, 0.2) is 22.7 Å². The molecule has 0 radical (unpaired) electrons. The molecule has 1 fully saturated rings. The van der Waals surface area contributed by atoms with E-state index in [-0.39, 0.29) is 40.0 Å². The van der Waals surface area contributed by atoms with Gasteiger partial charge in [-0.2, -0.15) is 0 Å². The second-order valence-corrected chi connectivity index (χ2v) is 9.15. The first-order chi connectivity index (χ1) is 17.4. The summed E-state index contributed by atoms with van der Waals surface area (Å²) in [7, 11) is 2.84. The number of aromatic amines is 2. The Balaban J connectivity index is 1.79. The SMILES string of the molecule is COc1cc(-c2c3oc4c(O)c(=O)ccc4c3[nH]c3c2c(=O)[nH]n3C2CCCCC2)cc(OC)c1O. The van der Waals surface area contributed by atoms with Gasteiger partial charge in [0.1, 0.15) is 5.65 Å². The standard InChI is InChI=1S/C26H25N3O7/c1-34-16-10-12(11-17(35-2)22(16)32)18-19-25(29(28-26(19)33)13-6-4-3-5-7-13)27-20-14-8-9-15(30)21(31)23(14)36-24(18)20/h8-11,13,27,31-32H,3-7H2,1-2H3,(H,28,33). The quantitative estimate of drug-likeness (QED) is 0.289. The minimum Gasteiger partial charge on any atom is -0.502 e. The normalized spacial score (nSPS) is 14.7. The molecule has 186 valence electrons. The van der Waals surface area contributed by atoms with Crippen molar-refractivity contribution in [2.45, 2.75) is 38.1 Å². The van der Waals surface area contributed by atoms with Crippen molar-refractivity contribution in [3.63, 3.8) is 0 Å². The van der Waals surface area contributed by atoms with E-state index in [0.717, 1.165) is 32.1 Å². The lowest BCUT2D eigenvalue weighted by atomic mass is 9.95. The molecule has 0 unspecified atom stereocenters. The van der Waals surface area contributed by atoms with Crippen LogP contribution in [0.25, 0.3) is 44.2 Å². The number of hydrogen-bond acceptors (Lipinski definition) is 7. The van der Waals surface area contributed by atoms with E-state index >= 15 is 0 Å². The van der Waals surface area contributed by atoms with E-state index in [1.807, 2.05) is 4.68 Å². The molecule has 0 saturated heterocycles. The van der Waals surface area contributed by atoms with Crippen LogP contribution in [0, 0.1) is 0 Å².